The molecule has 0 atom stereocenters. The third-order valence-corrected chi connectivity index (χ3v) is 3.77. The summed E-state index contributed by atoms with van der Waals surface area (Å²) in [5, 5.41) is 0. The average molecular weight is 283 g/mol. The van der Waals surface area contributed by atoms with Crippen LogP contribution in [0.4, 0.5) is 5.69 Å². The van der Waals surface area contributed by atoms with Gasteiger partial charge in [0.05, 0.1) is 35.8 Å². The Hall–Kier alpha value is -2.43. The lowest BCUT2D eigenvalue weighted by Gasteiger charge is -2.31. The molecule has 0 saturated heterocycles. The summed E-state index contributed by atoms with van der Waals surface area (Å²) in [7, 11) is 1.57. The molecule has 3 rings (SSSR count). The molecule has 1 aliphatic rings. The van der Waals surface area contributed by atoms with Gasteiger partial charge in [-0.25, -0.2) is 4.98 Å². The topological polar surface area (TPSA) is 55.3 Å². The molecule has 0 aromatic carbocycles. The van der Waals surface area contributed by atoms with Crippen LogP contribution in [0.5, 0.6) is 5.88 Å². The molecule has 2 aromatic heterocycles. The Kier molecular flexibility index (Phi) is 2.93. The van der Waals surface area contributed by atoms with Gasteiger partial charge in [0.2, 0.25) is 5.88 Å². The molecule has 0 spiro atoms. The fourth-order valence-electron chi connectivity index (χ4n) is 2.78. The number of nitrogens with zero attached hydrogens (tertiary/aromatic N) is 3. The first-order valence-corrected chi connectivity index (χ1v) is 6.77. The highest BCUT2D eigenvalue weighted by molar-refractivity contribution is 6.11. The Balaban J connectivity index is 2.15. The quantitative estimate of drug-likeness (QED) is 0.850. The molecule has 0 radical (unpaired) electrons. The van der Waals surface area contributed by atoms with Gasteiger partial charge in [0.25, 0.3) is 5.91 Å². The van der Waals surface area contributed by atoms with Crippen LogP contribution in [0.3, 0.4) is 0 Å². The summed E-state index contributed by atoms with van der Waals surface area (Å²) in [6.45, 7) is 5.91. The van der Waals surface area contributed by atoms with E-state index in [4.69, 9.17) is 4.74 Å². The normalized spacial score (nSPS) is 16.0. The van der Waals surface area contributed by atoms with Crippen molar-refractivity contribution in [2.24, 2.45) is 0 Å². The predicted octanol–water partition coefficient (Wildman–Crippen LogP) is 2.69. The minimum Gasteiger partial charge on any atom is -0.481 e. The number of amides is 1. The van der Waals surface area contributed by atoms with Gasteiger partial charge >= 0.3 is 0 Å². The lowest BCUT2D eigenvalue weighted by atomic mass is 9.99. The molecule has 0 fully saturated rings. The van der Waals surface area contributed by atoms with Gasteiger partial charge in [0.15, 0.2) is 0 Å². The van der Waals surface area contributed by atoms with E-state index < -0.39 is 5.54 Å². The highest BCUT2D eigenvalue weighted by Crippen LogP contribution is 2.41. The number of fused-ring (bicyclic) bond motifs is 1. The van der Waals surface area contributed by atoms with Crippen LogP contribution in [-0.2, 0) is 5.54 Å². The molecule has 0 aliphatic carbocycles. The predicted molar refractivity (Wildman–Crippen MR) is 79.6 cm³/mol. The smallest absolute Gasteiger partial charge is 0.261 e. The van der Waals surface area contributed by atoms with Crippen LogP contribution < -0.4 is 9.64 Å². The maximum absolute atomic E-state index is 12.7. The van der Waals surface area contributed by atoms with Gasteiger partial charge in [-0.15, -0.1) is 0 Å². The number of carbonyl (C=O) groups excluding carboxylic acids is 1. The van der Waals surface area contributed by atoms with Gasteiger partial charge < -0.3 is 4.74 Å². The first-order valence-electron chi connectivity index (χ1n) is 6.77. The Bertz CT molecular complexity index is 725. The van der Waals surface area contributed by atoms with E-state index in [1.165, 1.54) is 0 Å². The van der Waals surface area contributed by atoms with Crippen molar-refractivity contribution in [3.05, 3.63) is 47.4 Å². The van der Waals surface area contributed by atoms with E-state index in [0.717, 1.165) is 16.9 Å². The summed E-state index contributed by atoms with van der Waals surface area (Å²) in [4.78, 5) is 23.1. The Morgan fingerprint density at radius 3 is 2.67 bits per heavy atom. The first kappa shape index (κ1) is 13.5. The van der Waals surface area contributed by atoms with Crippen molar-refractivity contribution in [1.29, 1.82) is 0 Å². The number of hydrogen-bond acceptors (Lipinski definition) is 4. The third kappa shape index (κ3) is 1.96. The van der Waals surface area contributed by atoms with Crippen LogP contribution in [0, 0.1) is 6.92 Å². The molecule has 3 heterocycles. The number of aryl methyl sites for hydroxylation is 1. The van der Waals surface area contributed by atoms with E-state index in [1.54, 1.807) is 36.5 Å². The van der Waals surface area contributed by atoms with Crippen molar-refractivity contribution in [1.82, 2.24) is 9.97 Å². The van der Waals surface area contributed by atoms with Crippen LogP contribution in [0.25, 0.3) is 0 Å². The number of hydrogen-bond donors (Lipinski definition) is 0. The minimum atomic E-state index is -0.545. The van der Waals surface area contributed by atoms with Gasteiger partial charge in [0.1, 0.15) is 0 Å². The SMILES string of the molecule is COc1ccc2c(n1)C(C)(C)N(c1cncc(C)c1)C2=O. The molecule has 21 heavy (non-hydrogen) atoms. The number of aromatic nitrogens is 2. The van der Waals surface area contributed by atoms with Crippen LogP contribution in [-0.4, -0.2) is 23.0 Å². The number of methoxy groups -OCH3 is 1. The molecule has 5 nitrogen and oxygen atoms in total. The third-order valence-electron chi connectivity index (χ3n) is 3.77. The number of anilines is 1. The zero-order chi connectivity index (χ0) is 15.2. The number of pyridine rings is 2. The highest BCUT2D eigenvalue weighted by atomic mass is 16.5. The lowest BCUT2D eigenvalue weighted by molar-refractivity contribution is 0.0982. The maximum Gasteiger partial charge on any atom is 0.261 e. The largest absolute Gasteiger partial charge is 0.481 e. The molecule has 2 aromatic rings. The molecule has 1 amide bonds. The van der Waals surface area contributed by atoms with Gasteiger partial charge in [-0.1, -0.05) is 0 Å². The van der Waals surface area contributed by atoms with Crippen molar-refractivity contribution in [3.63, 3.8) is 0 Å². The van der Waals surface area contributed by atoms with Crippen molar-refractivity contribution in [2.75, 3.05) is 12.0 Å². The second-order valence-corrected chi connectivity index (χ2v) is 5.67. The van der Waals surface area contributed by atoms with E-state index >= 15 is 0 Å². The van der Waals surface area contributed by atoms with Crippen molar-refractivity contribution < 1.29 is 9.53 Å². The van der Waals surface area contributed by atoms with Crippen LogP contribution in [0.15, 0.2) is 30.6 Å². The summed E-state index contributed by atoms with van der Waals surface area (Å²) >= 11 is 0. The first-order chi connectivity index (χ1) is 9.95. The van der Waals surface area contributed by atoms with E-state index in [2.05, 4.69) is 9.97 Å². The van der Waals surface area contributed by atoms with Crippen LogP contribution >= 0.6 is 0 Å². The summed E-state index contributed by atoms with van der Waals surface area (Å²) in [5.74, 6) is 0.455. The Morgan fingerprint density at radius 2 is 2.00 bits per heavy atom. The van der Waals surface area contributed by atoms with E-state index in [9.17, 15) is 4.79 Å². The van der Waals surface area contributed by atoms with Gasteiger partial charge in [-0.2, -0.15) is 0 Å². The van der Waals surface area contributed by atoms with Crippen molar-refractivity contribution in [2.45, 2.75) is 26.3 Å². The van der Waals surface area contributed by atoms with Crippen LogP contribution in [0.2, 0.25) is 0 Å². The number of rotatable bonds is 2. The van der Waals surface area contributed by atoms with Gasteiger partial charge in [-0.05, 0) is 38.5 Å². The minimum absolute atomic E-state index is 0.0578. The monoisotopic (exact) mass is 283 g/mol. The lowest BCUT2D eigenvalue weighted by Crippen LogP contribution is -2.39. The number of carbonyl (C=O) groups is 1. The molecule has 1 aliphatic heterocycles. The van der Waals surface area contributed by atoms with Crippen LogP contribution in [0.1, 0.15) is 35.5 Å². The Labute approximate surface area is 123 Å². The molecule has 0 unspecified atom stereocenters. The fraction of sp³-hybridized carbons (Fsp3) is 0.312. The van der Waals surface area contributed by atoms with E-state index in [1.807, 2.05) is 26.8 Å². The summed E-state index contributed by atoms with van der Waals surface area (Å²) in [5.41, 5.74) is 2.59. The standard InChI is InChI=1S/C16H17N3O2/c1-10-7-11(9-17-8-10)19-15(20)12-5-6-13(21-4)18-14(12)16(19,2)3/h5-9H,1-4H3. The van der Waals surface area contributed by atoms with Gasteiger partial charge in [-0.3, -0.25) is 14.7 Å². The highest BCUT2D eigenvalue weighted by Gasteiger charge is 2.45. The van der Waals surface area contributed by atoms with E-state index in [-0.39, 0.29) is 5.91 Å². The molecular formula is C16H17N3O2. The van der Waals surface area contributed by atoms with E-state index in [0.29, 0.717) is 11.4 Å². The molecule has 5 heteroatoms. The molecule has 0 bridgehead atoms. The van der Waals surface area contributed by atoms with Crippen molar-refractivity contribution >= 4 is 11.6 Å². The Morgan fingerprint density at radius 1 is 1.24 bits per heavy atom. The summed E-state index contributed by atoms with van der Waals surface area (Å²) in [6, 6.07) is 5.44. The summed E-state index contributed by atoms with van der Waals surface area (Å²) in [6.07, 6.45) is 3.47. The summed E-state index contributed by atoms with van der Waals surface area (Å²) < 4.78 is 5.17. The van der Waals surface area contributed by atoms with Gasteiger partial charge in [0, 0.05) is 12.3 Å². The maximum atomic E-state index is 12.7. The molecular weight excluding hydrogens is 266 g/mol. The number of ether oxygens (including phenoxy) is 1. The second-order valence-electron chi connectivity index (χ2n) is 5.67. The average Bonchev–Trinajstić information content (AvgIpc) is 2.65. The van der Waals surface area contributed by atoms with Crippen molar-refractivity contribution in [3.8, 4) is 5.88 Å². The zero-order valence-corrected chi connectivity index (χ0v) is 12.5. The fourth-order valence-corrected chi connectivity index (χ4v) is 2.78. The second kappa shape index (κ2) is 4.55. The molecule has 0 saturated carbocycles. The molecule has 108 valence electrons. The zero-order valence-electron chi connectivity index (χ0n) is 12.5. The molecule has 0 N–H and O–H groups in total.